The van der Waals surface area contributed by atoms with E-state index in [9.17, 15) is 26.3 Å². The van der Waals surface area contributed by atoms with Gasteiger partial charge in [0.2, 0.25) is 0 Å². The highest BCUT2D eigenvalue weighted by molar-refractivity contribution is 5.56. The maximum absolute atomic E-state index is 12.5. The fraction of sp³-hybridized carbons (Fsp3) is 0.333. The number of halogens is 6. The third kappa shape index (κ3) is 3.04. The first-order valence-corrected chi connectivity index (χ1v) is 4.13. The molecule has 0 bridgehead atoms. The fourth-order valence-corrected chi connectivity index (χ4v) is 1.30. The number of hydrogen-bond donors (Lipinski definition) is 1. The summed E-state index contributed by atoms with van der Waals surface area (Å²) in [6, 6.07) is 2.96. The largest absolute Gasteiger partial charge is 0.482 e. The quantitative estimate of drug-likeness (QED) is 0.581. The first-order valence-electron chi connectivity index (χ1n) is 4.13. The van der Waals surface area contributed by atoms with Crippen LogP contribution < -0.4 is 5.32 Å². The van der Waals surface area contributed by atoms with E-state index in [0.29, 0.717) is 0 Å². The van der Waals surface area contributed by atoms with Crippen LogP contribution in [0.3, 0.4) is 0 Å². The average molecular weight is 243 g/mol. The van der Waals surface area contributed by atoms with Gasteiger partial charge in [-0.25, -0.2) is 0 Å². The molecule has 1 rings (SSSR count). The van der Waals surface area contributed by atoms with Gasteiger partial charge in [0.15, 0.2) is 0 Å². The Bertz CT molecular complexity index is 379. The molecule has 7 heteroatoms. The number of nitrogens with one attached hydrogen (secondary N) is 1. The van der Waals surface area contributed by atoms with E-state index in [2.05, 4.69) is 0 Å². The summed E-state index contributed by atoms with van der Waals surface area (Å²) in [5.41, 5.74) is -2.55. The Morgan fingerprint density at radius 1 is 1.00 bits per heavy atom. The van der Waals surface area contributed by atoms with E-state index in [1.54, 1.807) is 0 Å². The lowest BCUT2D eigenvalue weighted by atomic mass is 10.1. The Hall–Kier alpha value is -1.40. The van der Waals surface area contributed by atoms with Crippen molar-refractivity contribution in [2.45, 2.75) is 19.4 Å². The van der Waals surface area contributed by atoms with Crippen molar-refractivity contribution in [3.8, 4) is 0 Å². The summed E-state index contributed by atoms with van der Waals surface area (Å²) < 4.78 is 73.3. The van der Waals surface area contributed by atoms with E-state index in [1.807, 2.05) is 0 Å². The predicted octanol–water partition coefficient (Wildman–Crippen LogP) is 3.95. The van der Waals surface area contributed by atoms with E-state index >= 15 is 0 Å². The van der Waals surface area contributed by atoms with Crippen LogP contribution in [-0.2, 0) is 6.18 Å². The van der Waals surface area contributed by atoms with E-state index in [-0.39, 0.29) is 5.56 Å². The maximum Gasteiger partial charge on any atom is 0.482 e. The first-order chi connectivity index (χ1) is 7.11. The second-order valence-corrected chi connectivity index (χ2v) is 3.12. The van der Waals surface area contributed by atoms with Crippen molar-refractivity contribution in [1.29, 1.82) is 0 Å². The molecule has 0 amide bonds. The van der Waals surface area contributed by atoms with Crippen LogP contribution in [0.5, 0.6) is 0 Å². The second kappa shape index (κ2) is 3.88. The average Bonchev–Trinajstić information content (AvgIpc) is 1.97. The van der Waals surface area contributed by atoms with Crippen molar-refractivity contribution in [3.05, 3.63) is 29.3 Å². The lowest BCUT2D eigenvalue weighted by molar-refractivity contribution is -0.138. The number of benzene rings is 1. The molecular weight excluding hydrogens is 236 g/mol. The molecule has 1 aromatic rings. The fourth-order valence-electron chi connectivity index (χ4n) is 1.30. The van der Waals surface area contributed by atoms with Crippen LogP contribution in [-0.4, -0.2) is 6.30 Å². The minimum atomic E-state index is -4.90. The van der Waals surface area contributed by atoms with Crippen LogP contribution in [0.15, 0.2) is 18.2 Å². The van der Waals surface area contributed by atoms with Crippen molar-refractivity contribution in [2.75, 3.05) is 5.32 Å². The SMILES string of the molecule is Cc1cccc(NC(F)(F)F)c1C(F)(F)F. The van der Waals surface area contributed by atoms with Crippen LogP contribution in [0.25, 0.3) is 0 Å². The second-order valence-electron chi connectivity index (χ2n) is 3.12. The lowest BCUT2D eigenvalue weighted by Crippen LogP contribution is -2.23. The van der Waals surface area contributed by atoms with Crippen molar-refractivity contribution < 1.29 is 26.3 Å². The Morgan fingerprint density at radius 3 is 2.00 bits per heavy atom. The third-order valence-corrected chi connectivity index (χ3v) is 1.83. The molecule has 1 nitrogen and oxygen atoms in total. The number of rotatable bonds is 1. The molecule has 0 saturated heterocycles. The van der Waals surface area contributed by atoms with Crippen LogP contribution >= 0.6 is 0 Å². The monoisotopic (exact) mass is 243 g/mol. The van der Waals surface area contributed by atoms with Crippen LogP contribution in [0.1, 0.15) is 11.1 Å². The highest BCUT2D eigenvalue weighted by Gasteiger charge is 2.38. The van der Waals surface area contributed by atoms with Gasteiger partial charge in [0.05, 0.1) is 11.3 Å². The number of hydrogen-bond acceptors (Lipinski definition) is 1. The van der Waals surface area contributed by atoms with Crippen molar-refractivity contribution in [1.82, 2.24) is 0 Å². The molecule has 0 radical (unpaired) electrons. The highest BCUT2D eigenvalue weighted by atomic mass is 19.4. The van der Waals surface area contributed by atoms with Gasteiger partial charge in [0.1, 0.15) is 0 Å². The van der Waals surface area contributed by atoms with E-state index in [0.717, 1.165) is 30.4 Å². The summed E-state index contributed by atoms with van der Waals surface area (Å²) >= 11 is 0. The normalized spacial score (nSPS) is 12.7. The van der Waals surface area contributed by atoms with Gasteiger partial charge in [-0.15, -0.1) is 0 Å². The molecule has 1 aromatic carbocycles. The molecular formula is C9H7F6N. The number of anilines is 1. The van der Waals surface area contributed by atoms with Crippen LogP contribution in [0.4, 0.5) is 32.0 Å². The standard InChI is InChI=1S/C9H7F6N/c1-5-3-2-4-6(16-9(13,14)15)7(5)8(10,11)12/h2-4,16H,1H3. The Kier molecular flexibility index (Phi) is 3.07. The molecule has 16 heavy (non-hydrogen) atoms. The molecule has 0 unspecified atom stereocenters. The zero-order valence-electron chi connectivity index (χ0n) is 8.00. The topological polar surface area (TPSA) is 12.0 Å². The van der Waals surface area contributed by atoms with Gasteiger partial charge >= 0.3 is 12.5 Å². The summed E-state index contributed by atoms with van der Waals surface area (Å²) in [4.78, 5) is 0. The van der Waals surface area contributed by atoms with Crippen molar-refractivity contribution >= 4 is 5.69 Å². The van der Waals surface area contributed by atoms with Gasteiger partial charge in [-0.1, -0.05) is 12.1 Å². The van der Waals surface area contributed by atoms with Gasteiger partial charge in [0, 0.05) is 0 Å². The van der Waals surface area contributed by atoms with Gasteiger partial charge in [0.25, 0.3) is 0 Å². The molecule has 0 saturated carbocycles. The van der Waals surface area contributed by atoms with Gasteiger partial charge < -0.3 is 0 Å². The summed E-state index contributed by atoms with van der Waals surface area (Å²) in [6.07, 6.45) is -9.72. The summed E-state index contributed by atoms with van der Waals surface area (Å²) in [5, 5.41) is 0.877. The van der Waals surface area contributed by atoms with E-state index < -0.39 is 23.7 Å². The minimum absolute atomic E-state index is 0.262. The molecule has 0 aromatic heterocycles. The van der Waals surface area contributed by atoms with E-state index in [1.165, 1.54) is 0 Å². The summed E-state index contributed by atoms with van der Waals surface area (Å²) in [5.74, 6) is 0. The maximum atomic E-state index is 12.5. The molecule has 0 fully saturated rings. The van der Waals surface area contributed by atoms with Gasteiger partial charge in [-0.2, -0.15) is 26.3 Å². The molecule has 0 atom stereocenters. The molecule has 1 N–H and O–H groups in total. The minimum Gasteiger partial charge on any atom is -0.297 e. The number of alkyl halides is 6. The first kappa shape index (κ1) is 12.7. The Morgan fingerprint density at radius 2 is 1.56 bits per heavy atom. The predicted molar refractivity (Wildman–Crippen MR) is 45.9 cm³/mol. The lowest BCUT2D eigenvalue weighted by Gasteiger charge is -2.17. The summed E-state index contributed by atoms with van der Waals surface area (Å²) in [7, 11) is 0. The van der Waals surface area contributed by atoms with E-state index in [4.69, 9.17) is 0 Å². The smallest absolute Gasteiger partial charge is 0.297 e. The molecule has 0 aliphatic carbocycles. The molecule has 90 valence electrons. The van der Waals surface area contributed by atoms with Crippen molar-refractivity contribution in [2.24, 2.45) is 0 Å². The van der Waals surface area contributed by atoms with Gasteiger partial charge in [-0.05, 0) is 18.6 Å². The van der Waals surface area contributed by atoms with Crippen molar-refractivity contribution in [3.63, 3.8) is 0 Å². The van der Waals surface area contributed by atoms with Crippen LogP contribution in [0, 0.1) is 6.92 Å². The Balaban J connectivity index is 3.24. The third-order valence-electron chi connectivity index (χ3n) is 1.83. The zero-order chi connectivity index (χ0) is 12.6. The molecule has 0 heterocycles. The zero-order valence-corrected chi connectivity index (χ0v) is 8.00. The summed E-state index contributed by atoms with van der Waals surface area (Å²) in [6.45, 7) is 1.10. The highest BCUT2D eigenvalue weighted by Crippen LogP contribution is 2.38. The van der Waals surface area contributed by atoms with Gasteiger partial charge in [-0.3, -0.25) is 5.32 Å². The molecule has 0 aliphatic heterocycles. The molecule has 0 spiro atoms. The number of aryl methyl sites for hydroxylation is 1. The Labute approximate surface area is 87.1 Å². The molecule has 0 aliphatic rings. The van der Waals surface area contributed by atoms with Crippen LogP contribution in [0.2, 0.25) is 0 Å².